The molecule has 22 heavy (non-hydrogen) atoms. The Labute approximate surface area is 132 Å². The molecule has 114 valence electrons. The van der Waals surface area contributed by atoms with E-state index in [9.17, 15) is 9.59 Å². The van der Waals surface area contributed by atoms with E-state index in [1.165, 1.54) is 17.4 Å². The van der Waals surface area contributed by atoms with E-state index in [2.05, 4.69) is 10.3 Å². The molecule has 2 aromatic rings. The molecular weight excluding hydrogens is 300 g/mol. The van der Waals surface area contributed by atoms with Crippen LogP contribution in [0, 0.1) is 0 Å². The van der Waals surface area contributed by atoms with Crippen LogP contribution in [0.15, 0.2) is 42.5 Å². The van der Waals surface area contributed by atoms with E-state index >= 15 is 0 Å². The zero-order valence-electron chi connectivity index (χ0n) is 12.3. The van der Waals surface area contributed by atoms with Gasteiger partial charge in [-0.15, -0.1) is 0 Å². The average molecular weight is 316 g/mol. The quantitative estimate of drug-likeness (QED) is 0.520. The van der Waals surface area contributed by atoms with Crippen molar-refractivity contribution in [3.05, 3.63) is 48.1 Å². The largest absolute Gasteiger partial charge is 0.462 e. The Hall–Kier alpha value is -2.47. The van der Waals surface area contributed by atoms with E-state index in [4.69, 9.17) is 4.74 Å². The van der Waals surface area contributed by atoms with Crippen molar-refractivity contribution in [2.75, 3.05) is 11.9 Å². The summed E-state index contributed by atoms with van der Waals surface area (Å²) in [4.78, 5) is 27.7. The maximum absolute atomic E-state index is 11.7. The van der Waals surface area contributed by atoms with Crippen LogP contribution in [-0.2, 0) is 9.53 Å². The van der Waals surface area contributed by atoms with Crippen molar-refractivity contribution < 1.29 is 14.3 Å². The minimum atomic E-state index is -0.363. The molecule has 1 aromatic carbocycles. The van der Waals surface area contributed by atoms with Gasteiger partial charge in [0.15, 0.2) is 5.13 Å². The number of anilines is 1. The SMILES string of the molecule is C/C=C/C=C/C(=O)Nc1nc2ccc(C(=O)OCC)cc2s1. The maximum Gasteiger partial charge on any atom is 0.338 e. The molecule has 0 aliphatic heterocycles. The highest BCUT2D eigenvalue weighted by molar-refractivity contribution is 7.22. The van der Waals surface area contributed by atoms with Crippen molar-refractivity contribution in [3.63, 3.8) is 0 Å². The number of esters is 1. The van der Waals surface area contributed by atoms with Crippen LogP contribution in [-0.4, -0.2) is 23.5 Å². The standard InChI is InChI=1S/C16H16N2O3S/c1-3-5-6-7-14(19)18-16-17-12-9-8-11(10-13(12)22-16)15(20)21-4-2/h3,5-10H,4H2,1-2H3,(H,17,18,19)/b5-3+,7-6+. The summed E-state index contributed by atoms with van der Waals surface area (Å²) in [7, 11) is 0. The fraction of sp³-hybridized carbons (Fsp3) is 0.188. The monoisotopic (exact) mass is 316 g/mol. The lowest BCUT2D eigenvalue weighted by Crippen LogP contribution is -2.06. The van der Waals surface area contributed by atoms with E-state index in [1.807, 2.05) is 13.0 Å². The number of nitrogens with one attached hydrogen (secondary N) is 1. The van der Waals surface area contributed by atoms with E-state index in [1.54, 1.807) is 37.3 Å². The molecule has 0 saturated carbocycles. The Morgan fingerprint density at radius 3 is 2.91 bits per heavy atom. The molecule has 0 aliphatic rings. The molecule has 0 radical (unpaired) electrons. The Morgan fingerprint density at radius 1 is 1.36 bits per heavy atom. The molecule has 0 fully saturated rings. The lowest BCUT2D eigenvalue weighted by Gasteiger charge is -2.00. The zero-order chi connectivity index (χ0) is 15.9. The van der Waals surface area contributed by atoms with Gasteiger partial charge in [0, 0.05) is 6.08 Å². The minimum Gasteiger partial charge on any atom is -0.462 e. The van der Waals surface area contributed by atoms with Gasteiger partial charge in [0.25, 0.3) is 0 Å². The lowest BCUT2D eigenvalue weighted by atomic mass is 10.2. The molecule has 1 N–H and O–H groups in total. The van der Waals surface area contributed by atoms with Crippen molar-refractivity contribution in [2.45, 2.75) is 13.8 Å². The number of nitrogens with zero attached hydrogens (tertiary/aromatic N) is 1. The summed E-state index contributed by atoms with van der Waals surface area (Å²) in [5.74, 6) is -0.611. The van der Waals surface area contributed by atoms with Gasteiger partial charge in [-0.1, -0.05) is 29.6 Å². The number of fused-ring (bicyclic) bond motifs is 1. The molecule has 5 nitrogen and oxygen atoms in total. The van der Waals surface area contributed by atoms with Crippen LogP contribution in [0.5, 0.6) is 0 Å². The number of hydrogen-bond acceptors (Lipinski definition) is 5. The summed E-state index contributed by atoms with van der Waals surface area (Å²) in [5.41, 5.74) is 1.20. The minimum absolute atomic E-state index is 0.247. The van der Waals surface area contributed by atoms with Gasteiger partial charge in [-0.05, 0) is 32.0 Å². The van der Waals surface area contributed by atoms with Gasteiger partial charge >= 0.3 is 5.97 Å². The molecule has 0 unspecified atom stereocenters. The van der Waals surface area contributed by atoms with E-state index in [0.29, 0.717) is 17.3 Å². The predicted molar refractivity (Wildman–Crippen MR) is 88.2 cm³/mol. The van der Waals surface area contributed by atoms with Crippen molar-refractivity contribution in [1.82, 2.24) is 4.98 Å². The van der Waals surface area contributed by atoms with Crippen molar-refractivity contribution in [1.29, 1.82) is 0 Å². The van der Waals surface area contributed by atoms with E-state index in [-0.39, 0.29) is 11.9 Å². The highest BCUT2D eigenvalue weighted by Gasteiger charge is 2.10. The second-order valence-electron chi connectivity index (χ2n) is 4.30. The summed E-state index contributed by atoms with van der Waals surface area (Å²) in [6, 6.07) is 5.12. The number of aromatic nitrogens is 1. The molecular formula is C16H16N2O3S. The zero-order valence-corrected chi connectivity index (χ0v) is 13.1. The summed E-state index contributed by atoms with van der Waals surface area (Å²) < 4.78 is 5.78. The second-order valence-corrected chi connectivity index (χ2v) is 5.33. The van der Waals surface area contributed by atoms with Gasteiger partial charge in [0.2, 0.25) is 5.91 Å². The molecule has 1 aromatic heterocycles. The first-order valence-electron chi connectivity index (χ1n) is 6.82. The highest BCUT2D eigenvalue weighted by Crippen LogP contribution is 2.27. The Bertz CT molecular complexity index is 747. The maximum atomic E-state index is 11.7. The Kier molecular flexibility index (Phi) is 5.43. The van der Waals surface area contributed by atoms with Crippen molar-refractivity contribution in [2.24, 2.45) is 0 Å². The molecule has 0 spiro atoms. The normalized spacial score (nSPS) is 11.4. The highest BCUT2D eigenvalue weighted by atomic mass is 32.1. The number of hydrogen-bond donors (Lipinski definition) is 1. The van der Waals surface area contributed by atoms with Crippen molar-refractivity contribution in [3.8, 4) is 0 Å². The average Bonchev–Trinajstić information content (AvgIpc) is 2.88. The summed E-state index contributed by atoms with van der Waals surface area (Å²) in [6.07, 6.45) is 6.68. The number of carbonyl (C=O) groups excluding carboxylic acids is 2. The first kappa shape index (κ1) is 15.9. The van der Waals surface area contributed by atoms with Crippen LogP contribution >= 0.6 is 11.3 Å². The van der Waals surface area contributed by atoms with Crippen molar-refractivity contribution >= 4 is 38.6 Å². The third kappa shape index (κ3) is 4.02. The molecule has 0 aliphatic carbocycles. The first-order valence-corrected chi connectivity index (χ1v) is 7.63. The van der Waals surface area contributed by atoms with Gasteiger partial charge < -0.3 is 4.74 Å². The second kappa shape index (κ2) is 7.51. The topological polar surface area (TPSA) is 68.3 Å². The number of thiazole rings is 1. The molecule has 0 atom stereocenters. The molecule has 0 saturated heterocycles. The number of amides is 1. The molecule has 1 amide bonds. The van der Waals surface area contributed by atoms with E-state index in [0.717, 1.165) is 10.2 Å². The third-order valence-electron chi connectivity index (χ3n) is 2.68. The molecule has 0 bridgehead atoms. The molecule has 6 heteroatoms. The first-order chi connectivity index (χ1) is 10.6. The van der Waals surface area contributed by atoms with Crippen LogP contribution < -0.4 is 5.32 Å². The lowest BCUT2D eigenvalue weighted by molar-refractivity contribution is -0.111. The molecule has 2 rings (SSSR count). The van der Waals surface area contributed by atoms with Gasteiger partial charge in [-0.25, -0.2) is 9.78 Å². The van der Waals surface area contributed by atoms with Crippen LogP contribution in [0.2, 0.25) is 0 Å². The fourth-order valence-electron chi connectivity index (χ4n) is 1.72. The Balaban J connectivity index is 2.16. The van der Waals surface area contributed by atoms with Gasteiger partial charge in [0.1, 0.15) is 0 Å². The number of benzene rings is 1. The van der Waals surface area contributed by atoms with Gasteiger partial charge in [0.05, 0.1) is 22.4 Å². The van der Waals surface area contributed by atoms with Gasteiger partial charge in [-0.3, -0.25) is 10.1 Å². The number of allylic oxidation sites excluding steroid dienone is 3. The smallest absolute Gasteiger partial charge is 0.338 e. The van der Waals surface area contributed by atoms with E-state index < -0.39 is 0 Å². The number of rotatable bonds is 5. The van der Waals surface area contributed by atoms with Crippen LogP contribution in [0.1, 0.15) is 24.2 Å². The van der Waals surface area contributed by atoms with Crippen LogP contribution in [0.4, 0.5) is 5.13 Å². The Morgan fingerprint density at radius 2 is 2.18 bits per heavy atom. The van der Waals surface area contributed by atoms with Crippen LogP contribution in [0.25, 0.3) is 10.2 Å². The van der Waals surface area contributed by atoms with Crippen LogP contribution in [0.3, 0.4) is 0 Å². The fourth-order valence-corrected chi connectivity index (χ4v) is 2.63. The summed E-state index contributed by atoms with van der Waals surface area (Å²) >= 11 is 1.31. The predicted octanol–water partition coefficient (Wildman–Crippen LogP) is 3.54. The number of ether oxygens (including phenoxy) is 1. The number of carbonyl (C=O) groups is 2. The summed E-state index contributed by atoms with van der Waals surface area (Å²) in [6.45, 7) is 3.97. The van der Waals surface area contributed by atoms with Gasteiger partial charge in [-0.2, -0.15) is 0 Å². The summed E-state index contributed by atoms with van der Waals surface area (Å²) in [5, 5.41) is 3.19. The molecule has 1 heterocycles. The third-order valence-corrected chi connectivity index (χ3v) is 3.61.